The van der Waals surface area contributed by atoms with Crippen molar-refractivity contribution in [2.75, 3.05) is 4.90 Å². The molecule has 4 heterocycles. The normalized spacial score (nSPS) is 14.5. The van der Waals surface area contributed by atoms with Gasteiger partial charge >= 0.3 is 6.18 Å². The number of carbonyl (C=O) groups excluding carboxylic acids is 1. The Morgan fingerprint density at radius 1 is 1.18 bits per heavy atom. The first-order valence-electron chi connectivity index (χ1n) is 12.8. The van der Waals surface area contributed by atoms with Crippen LogP contribution in [0.5, 0.6) is 0 Å². The van der Waals surface area contributed by atoms with E-state index in [0.29, 0.717) is 34.9 Å². The number of rotatable bonds is 6. The quantitative estimate of drug-likeness (QED) is 0.283. The van der Waals surface area contributed by atoms with E-state index in [-0.39, 0.29) is 36.3 Å². The zero-order chi connectivity index (χ0) is 28.9. The molecule has 0 unspecified atom stereocenters. The molecule has 0 saturated heterocycles. The summed E-state index contributed by atoms with van der Waals surface area (Å²) in [6.45, 7) is 7.76. The molecule has 40 heavy (non-hydrogen) atoms. The zero-order valence-electron chi connectivity index (χ0n) is 22.2. The number of alkyl halides is 3. The van der Waals surface area contributed by atoms with Gasteiger partial charge < -0.3 is 4.57 Å². The van der Waals surface area contributed by atoms with Crippen molar-refractivity contribution in [3.8, 4) is 28.8 Å². The summed E-state index contributed by atoms with van der Waals surface area (Å²) in [5, 5.41) is 18.6. The van der Waals surface area contributed by atoms with E-state index in [0.717, 1.165) is 6.20 Å². The molecule has 1 amide bonds. The third-order valence-electron chi connectivity index (χ3n) is 6.97. The predicted molar refractivity (Wildman–Crippen MR) is 137 cm³/mol. The van der Waals surface area contributed by atoms with Crippen molar-refractivity contribution >= 4 is 11.7 Å². The summed E-state index contributed by atoms with van der Waals surface area (Å²) in [5.74, 6) is -0.583. The Hall–Kier alpha value is -4.47. The second kappa shape index (κ2) is 9.93. The number of imidazole rings is 1. The molecule has 4 aromatic rings. The molecular formula is C27H26F4N8O. The Balaban J connectivity index is 1.52. The summed E-state index contributed by atoms with van der Waals surface area (Å²) < 4.78 is 59.7. The molecule has 0 fully saturated rings. The highest BCUT2D eigenvalue weighted by Gasteiger charge is 2.36. The predicted octanol–water partition coefficient (Wildman–Crippen LogP) is 5.74. The van der Waals surface area contributed by atoms with Gasteiger partial charge in [0.1, 0.15) is 34.9 Å². The molecule has 0 aliphatic carbocycles. The Labute approximate surface area is 227 Å². The number of aryl methyl sites for hydroxylation is 2. The molecule has 0 radical (unpaired) electrons. The lowest BCUT2D eigenvalue weighted by Gasteiger charge is -2.33. The van der Waals surface area contributed by atoms with Gasteiger partial charge in [-0.1, -0.05) is 6.07 Å². The van der Waals surface area contributed by atoms with E-state index in [1.165, 1.54) is 27.8 Å². The van der Waals surface area contributed by atoms with Crippen molar-refractivity contribution in [1.29, 1.82) is 5.26 Å². The second-order valence-corrected chi connectivity index (χ2v) is 9.83. The molecule has 1 aliphatic rings. The number of nitriles is 1. The van der Waals surface area contributed by atoms with E-state index in [4.69, 9.17) is 0 Å². The van der Waals surface area contributed by atoms with Gasteiger partial charge in [0.05, 0.1) is 29.9 Å². The number of amides is 1. The number of hydrogen-bond donors (Lipinski definition) is 0. The van der Waals surface area contributed by atoms with Gasteiger partial charge in [0.15, 0.2) is 5.69 Å². The summed E-state index contributed by atoms with van der Waals surface area (Å²) in [6.07, 6.45) is -2.15. The molecular weight excluding hydrogens is 528 g/mol. The molecule has 0 saturated carbocycles. The van der Waals surface area contributed by atoms with Gasteiger partial charge in [-0.15, -0.1) is 0 Å². The van der Waals surface area contributed by atoms with Crippen molar-refractivity contribution < 1.29 is 22.4 Å². The Morgan fingerprint density at radius 2 is 1.93 bits per heavy atom. The number of aromatic nitrogens is 6. The Bertz CT molecular complexity index is 1640. The van der Waals surface area contributed by atoms with E-state index < -0.39 is 23.7 Å². The van der Waals surface area contributed by atoms with E-state index >= 15 is 4.39 Å². The van der Waals surface area contributed by atoms with E-state index in [1.807, 2.05) is 13.8 Å². The molecule has 3 aromatic heterocycles. The van der Waals surface area contributed by atoms with Crippen LogP contribution < -0.4 is 4.90 Å². The van der Waals surface area contributed by atoms with Gasteiger partial charge in [-0.25, -0.2) is 14.1 Å². The van der Waals surface area contributed by atoms with Crippen LogP contribution in [0.2, 0.25) is 0 Å². The van der Waals surface area contributed by atoms with Crippen molar-refractivity contribution in [3.63, 3.8) is 0 Å². The van der Waals surface area contributed by atoms with E-state index in [9.17, 15) is 23.2 Å². The van der Waals surface area contributed by atoms with Crippen molar-refractivity contribution in [1.82, 2.24) is 29.1 Å². The SMILES string of the molecule is CCn1cc(C(F)(F)F)nc1-c1ccc([C@@H](C)N2C(=O)CCn3nc(-c4c(C#N)cnn4C(C)C)cc32)cc1F. The summed E-state index contributed by atoms with van der Waals surface area (Å²) in [7, 11) is 0. The molecule has 0 spiro atoms. The minimum atomic E-state index is -4.66. The minimum Gasteiger partial charge on any atom is -0.331 e. The standard InChI is InChI=1S/C27H26F4N8O/c1-5-36-14-22(27(29,30)31)34-26(36)19-7-6-17(10-20(19)28)16(4)38-23-11-21(35-37(23)9-8-24(38)40)25-18(12-32)13-33-39(25)15(2)3/h6-7,10-11,13-16H,5,8-9H2,1-4H3/t16-/m1/s1. The molecule has 208 valence electrons. The van der Waals surface area contributed by atoms with Crippen LogP contribution in [0, 0.1) is 17.1 Å². The number of carbonyl (C=O) groups is 1. The number of benzene rings is 1. The average molecular weight is 555 g/mol. The van der Waals surface area contributed by atoms with Crippen LogP contribution in [-0.2, 0) is 24.1 Å². The fourth-order valence-corrected chi connectivity index (χ4v) is 4.97. The molecule has 0 bridgehead atoms. The highest BCUT2D eigenvalue weighted by atomic mass is 19.4. The molecule has 1 aliphatic heterocycles. The number of nitrogens with zero attached hydrogens (tertiary/aromatic N) is 8. The maximum Gasteiger partial charge on any atom is 0.434 e. The molecule has 5 rings (SSSR count). The van der Waals surface area contributed by atoms with Crippen LogP contribution in [0.1, 0.15) is 63.0 Å². The molecule has 1 aromatic carbocycles. The number of hydrogen-bond acceptors (Lipinski definition) is 5. The van der Waals surface area contributed by atoms with Crippen LogP contribution in [0.15, 0.2) is 36.7 Å². The molecule has 13 heteroatoms. The van der Waals surface area contributed by atoms with E-state index in [1.54, 1.807) is 35.3 Å². The molecule has 9 nitrogen and oxygen atoms in total. The van der Waals surface area contributed by atoms with Crippen LogP contribution in [0.3, 0.4) is 0 Å². The zero-order valence-corrected chi connectivity index (χ0v) is 22.2. The summed E-state index contributed by atoms with van der Waals surface area (Å²) in [5.41, 5.74) is 0.657. The highest BCUT2D eigenvalue weighted by Crippen LogP contribution is 2.37. The van der Waals surface area contributed by atoms with Gasteiger partial charge in [0, 0.05) is 31.3 Å². The van der Waals surface area contributed by atoms with Crippen LogP contribution in [-0.4, -0.2) is 35.0 Å². The van der Waals surface area contributed by atoms with E-state index in [2.05, 4.69) is 21.3 Å². The van der Waals surface area contributed by atoms with Crippen LogP contribution >= 0.6 is 0 Å². The number of halogens is 4. The smallest absolute Gasteiger partial charge is 0.331 e. The van der Waals surface area contributed by atoms with Crippen molar-refractivity contribution in [3.05, 3.63) is 59.3 Å². The first-order valence-corrected chi connectivity index (χ1v) is 12.8. The van der Waals surface area contributed by atoms with Crippen molar-refractivity contribution in [2.45, 2.75) is 65.5 Å². The molecule has 0 N–H and O–H groups in total. The fourth-order valence-electron chi connectivity index (χ4n) is 4.97. The molecule has 1 atom stereocenters. The van der Waals surface area contributed by atoms with Crippen LogP contribution in [0.4, 0.5) is 23.4 Å². The Morgan fingerprint density at radius 3 is 2.55 bits per heavy atom. The van der Waals surface area contributed by atoms with Crippen molar-refractivity contribution in [2.24, 2.45) is 0 Å². The lowest BCUT2D eigenvalue weighted by molar-refractivity contribution is -0.140. The minimum absolute atomic E-state index is 0.0375. The largest absolute Gasteiger partial charge is 0.434 e. The first-order chi connectivity index (χ1) is 18.9. The first kappa shape index (κ1) is 27.1. The summed E-state index contributed by atoms with van der Waals surface area (Å²) in [4.78, 5) is 18.3. The monoisotopic (exact) mass is 554 g/mol. The Kier molecular flexibility index (Phi) is 6.73. The maximum atomic E-state index is 15.4. The van der Waals surface area contributed by atoms with Gasteiger partial charge in [-0.3, -0.25) is 14.4 Å². The third kappa shape index (κ3) is 4.53. The van der Waals surface area contributed by atoms with Crippen LogP contribution in [0.25, 0.3) is 22.8 Å². The lowest BCUT2D eigenvalue weighted by Crippen LogP contribution is -2.39. The summed E-state index contributed by atoms with van der Waals surface area (Å²) >= 11 is 0. The lowest BCUT2D eigenvalue weighted by atomic mass is 10.0. The highest BCUT2D eigenvalue weighted by molar-refractivity contribution is 5.95. The summed E-state index contributed by atoms with van der Waals surface area (Å²) in [6, 6.07) is 7.37. The topological polar surface area (TPSA) is 97.6 Å². The third-order valence-corrected chi connectivity index (χ3v) is 6.97. The fraction of sp³-hybridized carbons (Fsp3) is 0.370. The average Bonchev–Trinajstić information content (AvgIpc) is 3.63. The maximum absolute atomic E-state index is 15.4. The number of fused-ring (bicyclic) bond motifs is 1. The van der Waals surface area contributed by atoms with Gasteiger partial charge in [0.25, 0.3) is 0 Å². The number of anilines is 1. The van der Waals surface area contributed by atoms with Gasteiger partial charge in [-0.2, -0.15) is 28.6 Å². The van der Waals surface area contributed by atoms with Gasteiger partial charge in [0.2, 0.25) is 5.91 Å². The van der Waals surface area contributed by atoms with Gasteiger partial charge in [-0.05, 0) is 45.4 Å². The second-order valence-electron chi connectivity index (χ2n) is 9.83.